The van der Waals surface area contributed by atoms with Crippen LogP contribution in [0.1, 0.15) is 15.9 Å². The highest BCUT2D eigenvalue weighted by molar-refractivity contribution is 5.97. The van der Waals surface area contributed by atoms with Gasteiger partial charge in [-0.05, 0) is 30.9 Å². The van der Waals surface area contributed by atoms with E-state index in [9.17, 15) is 9.90 Å². The van der Waals surface area contributed by atoms with Gasteiger partial charge in [-0.3, -0.25) is 4.79 Å². The highest BCUT2D eigenvalue weighted by Gasteiger charge is 2.38. The summed E-state index contributed by atoms with van der Waals surface area (Å²) in [6.07, 6.45) is 0. The number of aryl methyl sites for hydroxylation is 1. The van der Waals surface area contributed by atoms with E-state index >= 15 is 0 Å². The molecule has 2 saturated heterocycles. The molecule has 1 aromatic carbocycles. The predicted octanol–water partition coefficient (Wildman–Crippen LogP) is 0.992. The number of nitrogens with zero attached hydrogens (tertiary/aromatic N) is 1. The fraction of sp³-hybridized carbons (Fsp3) is 0.500. The van der Waals surface area contributed by atoms with Crippen molar-refractivity contribution in [1.29, 1.82) is 0 Å². The molecule has 4 nitrogen and oxygen atoms in total. The molecule has 0 bridgehead atoms. The lowest BCUT2D eigenvalue weighted by atomic mass is 10.0. The SMILES string of the molecule is Cc1ccc(O)c(C(=O)N2C[C@H]3CNC[C@H]3C2)c1. The summed E-state index contributed by atoms with van der Waals surface area (Å²) in [4.78, 5) is 14.3. The molecule has 3 rings (SSSR count). The van der Waals surface area contributed by atoms with Crippen molar-refractivity contribution in [2.24, 2.45) is 11.8 Å². The van der Waals surface area contributed by atoms with Gasteiger partial charge in [-0.1, -0.05) is 11.6 Å². The lowest BCUT2D eigenvalue weighted by Crippen LogP contribution is -2.31. The highest BCUT2D eigenvalue weighted by Crippen LogP contribution is 2.29. The maximum absolute atomic E-state index is 12.4. The van der Waals surface area contributed by atoms with Gasteiger partial charge >= 0.3 is 0 Å². The second kappa shape index (κ2) is 4.28. The van der Waals surface area contributed by atoms with Crippen molar-refractivity contribution in [1.82, 2.24) is 10.2 Å². The molecule has 2 aliphatic heterocycles. The zero-order valence-corrected chi connectivity index (χ0v) is 10.5. The molecule has 0 aliphatic carbocycles. The normalized spacial score (nSPS) is 26.4. The van der Waals surface area contributed by atoms with E-state index in [-0.39, 0.29) is 11.7 Å². The Morgan fingerprint density at radius 3 is 2.67 bits per heavy atom. The molecule has 18 heavy (non-hydrogen) atoms. The second-order valence-electron chi connectivity index (χ2n) is 5.41. The smallest absolute Gasteiger partial charge is 0.257 e. The lowest BCUT2D eigenvalue weighted by molar-refractivity contribution is 0.0778. The molecule has 4 heteroatoms. The number of likely N-dealkylation sites (tertiary alicyclic amines) is 1. The summed E-state index contributed by atoms with van der Waals surface area (Å²) in [6.45, 7) is 5.56. The van der Waals surface area contributed by atoms with Crippen LogP contribution in [0.15, 0.2) is 18.2 Å². The Hall–Kier alpha value is -1.55. The van der Waals surface area contributed by atoms with Crippen LogP contribution in [-0.2, 0) is 0 Å². The summed E-state index contributed by atoms with van der Waals surface area (Å²) in [7, 11) is 0. The van der Waals surface area contributed by atoms with Crippen molar-refractivity contribution in [3.05, 3.63) is 29.3 Å². The number of rotatable bonds is 1. The Labute approximate surface area is 107 Å². The number of phenolic OH excluding ortho intramolecular Hbond substituents is 1. The van der Waals surface area contributed by atoms with Crippen molar-refractivity contribution < 1.29 is 9.90 Å². The van der Waals surface area contributed by atoms with Crippen LogP contribution in [0.25, 0.3) is 0 Å². The van der Waals surface area contributed by atoms with Crippen LogP contribution >= 0.6 is 0 Å². The molecule has 0 spiro atoms. The van der Waals surface area contributed by atoms with E-state index in [0.29, 0.717) is 17.4 Å². The van der Waals surface area contributed by atoms with Crippen LogP contribution in [0.2, 0.25) is 0 Å². The summed E-state index contributed by atoms with van der Waals surface area (Å²) in [5, 5.41) is 13.2. The monoisotopic (exact) mass is 246 g/mol. The zero-order valence-electron chi connectivity index (χ0n) is 10.5. The summed E-state index contributed by atoms with van der Waals surface area (Å²) in [6, 6.07) is 5.18. The van der Waals surface area contributed by atoms with Crippen molar-refractivity contribution in [2.75, 3.05) is 26.2 Å². The van der Waals surface area contributed by atoms with E-state index in [1.54, 1.807) is 12.1 Å². The van der Waals surface area contributed by atoms with Crippen LogP contribution in [-0.4, -0.2) is 42.1 Å². The average molecular weight is 246 g/mol. The van der Waals surface area contributed by atoms with Crippen molar-refractivity contribution >= 4 is 5.91 Å². The van der Waals surface area contributed by atoms with Gasteiger partial charge in [0.15, 0.2) is 0 Å². The Bertz CT molecular complexity index is 475. The van der Waals surface area contributed by atoms with E-state index in [4.69, 9.17) is 0 Å². The minimum absolute atomic E-state index is 0.0365. The minimum atomic E-state index is -0.0365. The minimum Gasteiger partial charge on any atom is -0.507 e. The second-order valence-corrected chi connectivity index (χ2v) is 5.41. The fourth-order valence-corrected chi connectivity index (χ4v) is 3.01. The van der Waals surface area contributed by atoms with Crippen molar-refractivity contribution in [2.45, 2.75) is 6.92 Å². The number of hydrogen-bond donors (Lipinski definition) is 2. The molecule has 0 unspecified atom stereocenters. The lowest BCUT2D eigenvalue weighted by Gasteiger charge is -2.18. The first-order chi connectivity index (χ1) is 8.65. The van der Waals surface area contributed by atoms with Gasteiger partial charge in [-0.2, -0.15) is 0 Å². The van der Waals surface area contributed by atoms with E-state index in [1.165, 1.54) is 0 Å². The predicted molar refractivity (Wildman–Crippen MR) is 68.6 cm³/mol. The van der Waals surface area contributed by atoms with Crippen LogP contribution in [0.5, 0.6) is 5.75 Å². The molecule has 0 aromatic heterocycles. The maximum Gasteiger partial charge on any atom is 0.257 e. The van der Waals surface area contributed by atoms with E-state index in [1.807, 2.05) is 17.9 Å². The molecule has 2 fully saturated rings. The number of carbonyl (C=O) groups excluding carboxylic acids is 1. The molecule has 2 atom stereocenters. The zero-order chi connectivity index (χ0) is 12.7. The molecule has 1 aromatic rings. The molecule has 0 radical (unpaired) electrons. The third-order valence-corrected chi connectivity index (χ3v) is 4.06. The number of nitrogens with one attached hydrogen (secondary N) is 1. The van der Waals surface area contributed by atoms with Crippen molar-refractivity contribution in [3.63, 3.8) is 0 Å². The summed E-state index contributed by atoms with van der Waals surface area (Å²) < 4.78 is 0. The van der Waals surface area contributed by atoms with Crippen LogP contribution in [0.4, 0.5) is 0 Å². The number of carbonyl (C=O) groups is 1. The number of benzene rings is 1. The van der Waals surface area contributed by atoms with Gasteiger partial charge in [0.2, 0.25) is 0 Å². The molecule has 2 aliphatic rings. The Morgan fingerprint density at radius 1 is 1.33 bits per heavy atom. The molecule has 2 heterocycles. The largest absolute Gasteiger partial charge is 0.507 e. The topological polar surface area (TPSA) is 52.6 Å². The van der Waals surface area contributed by atoms with Gasteiger partial charge in [0.25, 0.3) is 5.91 Å². The average Bonchev–Trinajstić information content (AvgIpc) is 2.91. The number of hydrogen-bond acceptors (Lipinski definition) is 3. The number of fused-ring (bicyclic) bond motifs is 1. The first-order valence-electron chi connectivity index (χ1n) is 6.45. The molecular weight excluding hydrogens is 228 g/mol. The quantitative estimate of drug-likeness (QED) is 0.777. The van der Waals surface area contributed by atoms with Gasteiger partial charge in [0.1, 0.15) is 5.75 Å². The molecular formula is C14H18N2O2. The molecule has 96 valence electrons. The van der Waals surface area contributed by atoms with E-state index < -0.39 is 0 Å². The maximum atomic E-state index is 12.4. The molecule has 2 N–H and O–H groups in total. The van der Waals surface area contributed by atoms with Crippen LogP contribution in [0.3, 0.4) is 0 Å². The first kappa shape index (κ1) is 11.5. The summed E-state index contributed by atoms with van der Waals surface area (Å²) >= 11 is 0. The standard InChI is InChI=1S/C14H18N2O2/c1-9-2-3-13(17)12(4-9)14(18)16-7-10-5-15-6-11(10)8-16/h2-4,10-11,15,17H,5-8H2,1H3/t10-,11+. The number of aromatic hydroxyl groups is 1. The fourth-order valence-electron chi connectivity index (χ4n) is 3.01. The van der Waals surface area contributed by atoms with Gasteiger partial charge < -0.3 is 15.3 Å². The third kappa shape index (κ3) is 1.86. The number of phenols is 1. The Kier molecular flexibility index (Phi) is 2.74. The molecule has 1 amide bonds. The van der Waals surface area contributed by atoms with Gasteiger partial charge in [0.05, 0.1) is 5.56 Å². The van der Waals surface area contributed by atoms with Gasteiger partial charge in [-0.15, -0.1) is 0 Å². The highest BCUT2D eigenvalue weighted by atomic mass is 16.3. The summed E-state index contributed by atoms with van der Waals surface area (Å²) in [5.41, 5.74) is 1.43. The van der Waals surface area contributed by atoms with Crippen molar-refractivity contribution in [3.8, 4) is 5.75 Å². The van der Waals surface area contributed by atoms with Gasteiger partial charge in [-0.25, -0.2) is 0 Å². The molecule has 0 saturated carbocycles. The first-order valence-corrected chi connectivity index (χ1v) is 6.45. The summed E-state index contributed by atoms with van der Waals surface area (Å²) in [5.74, 6) is 1.22. The van der Waals surface area contributed by atoms with E-state index in [2.05, 4.69) is 5.32 Å². The number of amides is 1. The van der Waals surface area contributed by atoms with Crippen LogP contribution in [0, 0.1) is 18.8 Å². The van der Waals surface area contributed by atoms with Crippen LogP contribution < -0.4 is 5.32 Å². The third-order valence-electron chi connectivity index (χ3n) is 4.06. The Balaban J connectivity index is 1.81. The van der Waals surface area contributed by atoms with E-state index in [0.717, 1.165) is 31.7 Å². The van der Waals surface area contributed by atoms with Gasteiger partial charge in [0, 0.05) is 26.2 Å². The Morgan fingerprint density at radius 2 is 2.00 bits per heavy atom.